The highest BCUT2D eigenvalue weighted by Crippen LogP contribution is 2.34. The third-order valence-electron chi connectivity index (χ3n) is 2.97. The Kier molecular flexibility index (Phi) is 3.69. The molecule has 0 aliphatic carbocycles. The number of rotatable bonds is 3. The lowest BCUT2D eigenvalue weighted by Gasteiger charge is -2.20. The minimum atomic E-state index is -0.0376. The zero-order valence-electron chi connectivity index (χ0n) is 11.9. The summed E-state index contributed by atoms with van der Waals surface area (Å²) in [6.07, 6.45) is 0.516. The van der Waals surface area contributed by atoms with Crippen LogP contribution in [0.5, 0.6) is 11.5 Å². The summed E-state index contributed by atoms with van der Waals surface area (Å²) in [4.78, 5) is 11.9. The number of carbonyl (C=O) groups excluding carboxylic acids is 1. The van der Waals surface area contributed by atoms with Gasteiger partial charge < -0.3 is 14.8 Å². The van der Waals surface area contributed by atoms with Crippen LogP contribution in [0.25, 0.3) is 0 Å². The minimum Gasteiger partial charge on any atom is -0.454 e. The van der Waals surface area contributed by atoms with E-state index in [1.165, 1.54) is 0 Å². The Bertz CT molecular complexity index is 477. The van der Waals surface area contributed by atoms with Crippen molar-refractivity contribution in [2.75, 3.05) is 6.79 Å². The van der Waals surface area contributed by atoms with Crippen LogP contribution in [0.4, 0.5) is 0 Å². The lowest BCUT2D eigenvalue weighted by molar-refractivity contribution is -0.123. The molecule has 1 aromatic carbocycles. The van der Waals surface area contributed by atoms with Crippen molar-refractivity contribution in [3.8, 4) is 11.5 Å². The lowest BCUT2D eigenvalue weighted by Crippen LogP contribution is -2.29. The van der Waals surface area contributed by atoms with E-state index >= 15 is 0 Å². The maximum Gasteiger partial charge on any atom is 0.231 e. The first-order chi connectivity index (χ1) is 8.85. The molecule has 1 heterocycles. The molecular formula is C15H21NO3. The van der Waals surface area contributed by atoms with Crippen LogP contribution in [0.15, 0.2) is 18.2 Å². The fourth-order valence-electron chi connectivity index (χ4n) is 2.04. The summed E-state index contributed by atoms with van der Waals surface area (Å²) in [6, 6.07) is 5.72. The number of nitrogens with one attached hydrogen (secondary N) is 1. The van der Waals surface area contributed by atoms with Crippen molar-refractivity contribution in [2.45, 2.75) is 40.2 Å². The number of fused-ring (bicyclic) bond motifs is 1. The van der Waals surface area contributed by atoms with Crippen LogP contribution >= 0.6 is 0 Å². The molecule has 0 spiro atoms. The minimum absolute atomic E-state index is 0.00130. The summed E-state index contributed by atoms with van der Waals surface area (Å²) in [5, 5.41) is 3.01. The van der Waals surface area contributed by atoms with Crippen LogP contribution < -0.4 is 14.8 Å². The average Bonchev–Trinajstić information content (AvgIpc) is 2.72. The average molecular weight is 263 g/mol. The van der Waals surface area contributed by atoms with Crippen molar-refractivity contribution in [1.82, 2.24) is 5.32 Å². The molecule has 4 nitrogen and oxygen atoms in total. The van der Waals surface area contributed by atoms with E-state index in [0.717, 1.165) is 17.1 Å². The molecular weight excluding hydrogens is 242 g/mol. The summed E-state index contributed by atoms with van der Waals surface area (Å²) in [5.41, 5.74) is 1.02. The van der Waals surface area contributed by atoms with Gasteiger partial charge in [-0.3, -0.25) is 4.79 Å². The summed E-state index contributed by atoms with van der Waals surface area (Å²) >= 11 is 0. The van der Waals surface area contributed by atoms with E-state index in [2.05, 4.69) is 26.1 Å². The highest BCUT2D eigenvalue weighted by atomic mass is 16.7. The zero-order valence-corrected chi connectivity index (χ0v) is 11.9. The van der Waals surface area contributed by atoms with Crippen molar-refractivity contribution in [3.05, 3.63) is 23.8 Å². The van der Waals surface area contributed by atoms with E-state index in [4.69, 9.17) is 9.47 Å². The Morgan fingerprint density at radius 2 is 2.00 bits per heavy atom. The number of carbonyl (C=O) groups is 1. The first-order valence-electron chi connectivity index (χ1n) is 6.54. The second kappa shape index (κ2) is 5.11. The predicted molar refractivity (Wildman–Crippen MR) is 73.2 cm³/mol. The Balaban J connectivity index is 2.00. The molecule has 1 amide bonds. The molecule has 19 heavy (non-hydrogen) atoms. The predicted octanol–water partition coefficient (Wildman–Crippen LogP) is 3.03. The highest BCUT2D eigenvalue weighted by Gasteiger charge is 2.19. The number of benzene rings is 1. The van der Waals surface area contributed by atoms with E-state index in [0.29, 0.717) is 6.42 Å². The number of ether oxygens (including phenoxy) is 2. The van der Waals surface area contributed by atoms with Crippen LogP contribution in [0.2, 0.25) is 0 Å². The summed E-state index contributed by atoms with van der Waals surface area (Å²) < 4.78 is 10.6. The SMILES string of the molecule is C[C@H](NC(=O)CC(C)(C)C)c1ccc2c(c1)OCO2. The maximum absolute atomic E-state index is 11.9. The van der Waals surface area contributed by atoms with Gasteiger partial charge in [0, 0.05) is 6.42 Å². The van der Waals surface area contributed by atoms with Crippen molar-refractivity contribution < 1.29 is 14.3 Å². The molecule has 0 unspecified atom stereocenters. The molecule has 0 saturated carbocycles. The third kappa shape index (κ3) is 3.63. The summed E-state index contributed by atoms with van der Waals surface area (Å²) in [6.45, 7) is 8.40. The monoisotopic (exact) mass is 263 g/mol. The van der Waals surface area contributed by atoms with E-state index in [1.54, 1.807) is 0 Å². The highest BCUT2D eigenvalue weighted by molar-refractivity contribution is 5.77. The quantitative estimate of drug-likeness (QED) is 0.911. The molecule has 1 atom stereocenters. The Hall–Kier alpha value is -1.71. The number of amides is 1. The van der Waals surface area contributed by atoms with Gasteiger partial charge in [0.25, 0.3) is 0 Å². The van der Waals surface area contributed by atoms with Crippen LogP contribution in [-0.4, -0.2) is 12.7 Å². The van der Waals surface area contributed by atoms with Crippen LogP contribution in [-0.2, 0) is 4.79 Å². The van der Waals surface area contributed by atoms with E-state index in [1.807, 2.05) is 25.1 Å². The van der Waals surface area contributed by atoms with Gasteiger partial charge in [-0.1, -0.05) is 26.8 Å². The van der Waals surface area contributed by atoms with Crippen LogP contribution in [0.1, 0.15) is 45.7 Å². The van der Waals surface area contributed by atoms with Gasteiger partial charge in [0.05, 0.1) is 6.04 Å². The second-order valence-corrected chi connectivity index (χ2v) is 6.14. The van der Waals surface area contributed by atoms with Gasteiger partial charge in [0.2, 0.25) is 12.7 Å². The molecule has 0 saturated heterocycles. The Labute approximate surface area is 114 Å². The Morgan fingerprint density at radius 3 is 2.68 bits per heavy atom. The largest absolute Gasteiger partial charge is 0.454 e. The summed E-state index contributed by atoms with van der Waals surface area (Å²) in [7, 11) is 0. The maximum atomic E-state index is 11.9. The fourth-order valence-corrected chi connectivity index (χ4v) is 2.04. The molecule has 1 aromatic rings. The molecule has 1 aliphatic rings. The first-order valence-corrected chi connectivity index (χ1v) is 6.54. The zero-order chi connectivity index (χ0) is 14.0. The smallest absolute Gasteiger partial charge is 0.231 e. The normalized spacial score (nSPS) is 15.2. The standard InChI is InChI=1S/C15H21NO3/c1-10(16-14(17)8-15(2,3)4)11-5-6-12-13(7-11)19-9-18-12/h5-7,10H,8-9H2,1-4H3,(H,16,17)/t10-/m0/s1. The molecule has 0 aromatic heterocycles. The van der Waals surface area contributed by atoms with Crippen molar-refractivity contribution in [1.29, 1.82) is 0 Å². The Morgan fingerprint density at radius 1 is 1.32 bits per heavy atom. The second-order valence-electron chi connectivity index (χ2n) is 6.14. The van der Waals surface area contributed by atoms with Crippen LogP contribution in [0, 0.1) is 5.41 Å². The van der Waals surface area contributed by atoms with Gasteiger partial charge >= 0.3 is 0 Å². The molecule has 4 heteroatoms. The van der Waals surface area contributed by atoms with Gasteiger partial charge in [-0.15, -0.1) is 0 Å². The molecule has 104 valence electrons. The number of hydrogen-bond acceptors (Lipinski definition) is 3. The molecule has 0 fully saturated rings. The van der Waals surface area contributed by atoms with Gasteiger partial charge in [0.1, 0.15) is 0 Å². The lowest BCUT2D eigenvalue weighted by atomic mass is 9.91. The molecule has 1 aliphatic heterocycles. The molecule has 0 radical (unpaired) electrons. The topological polar surface area (TPSA) is 47.6 Å². The fraction of sp³-hybridized carbons (Fsp3) is 0.533. The van der Waals surface area contributed by atoms with E-state index in [9.17, 15) is 4.79 Å². The van der Waals surface area contributed by atoms with Crippen molar-refractivity contribution in [3.63, 3.8) is 0 Å². The van der Waals surface area contributed by atoms with Gasteiger partial charge in [-0.05, 0) is 30.0 Å². The third-order valence-corrected chi connectivity index (χ3v) is 2.97. The van der Waals surface area contributed by atoms with Crippen LogP contribution in [0.3, 0.4) is 0 Å². The van der Waals surface area contributed by atoms with Gasteiger partial charge in [-0.2, -0.15) is 0 Å². The summed E-state index contributed by atoms with van der Waals surface area (Å²) in [5.74, 6) is 1.57. The van der Waals surface area contributed by atoms with Gasteiger partial charge in [-0.25, -0.2) is 0 Å². The van der Waals surface area contributed by atoms with E-state index in [-0.39, 0.29) is 24.2 Å². The molecule has 2 rings (SSSR count). The number of hydrogen-bond donors (Lipinski definition) is 1. The van der Waals surface area contributed by atoms with E-state index < -0.39 is 0 Å². The molecule has 0 bridgehead atoms. The van der Waals surface area contributed by atoms with Crippen molar-refractivity contribution >= 4 is 5.91 Å². The molecule has 1 N–H and O–H groups in total. The van der Waals surface area contributed by atoms with Crippen molar-refractivity contribution in [2.24, 2.45) is 5.41 Å². The van der Waals surface area contributed by atoms with Gasteiger partial charge in [0.15, 0.2) is 11.5 Å². The first kappa shape index (κ1) is 13.7.